The van der Waals surface area contributed by atoms with E-state index < -0.39 is 9.84 Å². The van der Waals surface area contributed by atoms with Gasteiger partial charge in [-0.3, -0.25) is 4.79 Å². The first-order chi connectivity index (χ1) is 14.2. The molecule has 4 heterocycles. The molecular formula is C22H26N4O3S. The summed E-state index contributed by atoms with van der Waals surface area (Å²) in [6.07, 6.45) is 6.17. The molecule has 0 bridgehead atoms. The topological polar surface area (TPSA) is 78.4 Å². The minimum atomic E-state index is -3.15. The van der Waals surface area contributed by atoms with Crippen LogP contribution in [0.4, 0.5) is 5.69 Å². The van der Waals surface area contributed by atoms with Gasteiger partial charge in [-0.2, -0.15) is 0 Å². The first kappa shape index (κ1) is 19.4. The van der Waals surface area contributed by atoms with Crippen LogP contribution in [0.1, 0.15) is 17.5 Å². The van der Waals surface area contributed by atoms with E-state index in [4.69, 9.17) is 0 Å². The Bertz CT molecular complexity index is 1320. The molecule has 1 aromatic carbocycles. The summed E-state index contributed by atoms with van der Waals surface area (Å²) < 4.78 is 25.5. The Kier molecular flexibility index (Phi) is 4.34. The van der Waals surface area contributed by atoms with Crippen LogP contribution in [0.2, 0.25) is 0 Å². The van der Waals surface area contributed by atoms with Crippen molar-refractivity contribution < 1.29 is 8.42 Å². The number of rotatable bonds is 3. The molecule has 2 aliphatic heterocycles. The van der Waals surface area contributed by atoms with E-state index in [0.29, 0.717) is 11.6 Å². The van der Waals surface area contributed by atoms with Crippen molar-refractivity contribution in [2.24, 2.45) is 7.05 Å². The number of likely N-dealkylation sites (tertiary alicyclic amines) is 1. The van der Waals surface area contributed by atoms with Gasteiger partial charge in [0.15, 0.2) is 9.84 Å². The van der Waals surface area contributed by atoms with E-state index in [0.717, 1.165) is 59.4 Å². The third-order valence-corrected chi connectivity index (χ3v) is 7.18. The molecule has 30 heavy (non-hydrogen) atoms. The van der Waals surface area contributed by atoms with Gasteiger partial charge in [0.25, 0.3) is 5.56 Å². The molecule has 2 aromatic heterocycles. The van der Waals surface area contributed by atoms with Crippen LogP contribution < -0.4 is 10.5 Å². The van der Waals surface area contributed by atoms with E-state index in [2.05, 4.69) is 27.9 Å². The average molecular weight is 427 g/mol. The van der Waals surface area contributed by atoms with Crippen LogP contribution in [0.15, 0.2) is 35.4 Å². The molecule has 7 nitrogen and oxygen atoms in total. The lowest BCUT2D eigenvalue weighted by Crippen LogP contribution is -2.36. The zero-order valence-corrected chi connectivity index (χ0v) is 18.3. The van der Waals surface area contributed by atoms with Gasteiger partial charge in [0.05, 0.1) is 5.75 Å². The Morgan fingerprint density at radius 2 is 2.00 bits per heavy atom. The van der Waals surface area contributed by atoms with Gasteiger partial charge in [0, 0.05) is 67.0 Å². The second kappa shape index (κ2) is 6.72. The lowest BCUT2D eigenvalue weighted by molar-refractivity contribution is 0.407. The number of fused-ring (bicyclic) bond motifs is 2. The number of likely N-dealkylation sites (N-methyl/N-ethyl adjacent to an activating group) is 1. The molecule has 1 unspecified atom stereocenters. The summed E-state index contributed by atoms with van der Waals surface area (Å²) in [6, 6.07) is 6.34. The largest absolute Gasteiger partial charge is 0.362 e. The monoisotopic (exact) mass is 426 g/mol. The van der Waals surface area contributed by atoms with Crippen molar-refractivity contribution in [3.05, 3.63) is 52.1 Å². The van der Waals surface area contributed by atoms with E-state index in [1.807, 2.05) is 24.5 Å². The molecule has 1 atom stereocenters. The quantitative estimate of drug-likeness (QED) is 0.694. The maximum absolute atomic E-state index is 12.7. The van der Waals surface area contributed by atoms with Gasteiger partial charge < -0.3 is 19.4 Å². The summed E-state index contributed by atoms with van der Waals surface area (Å²) >= 11 is 0. The molecule has 1 fully saturated rings. The summed E-state index contributed by atoms with van der Waals surface area (Å²) in [4.78, 5) is 20.7. The number of H-pyrrole nitrogens is 1. The maximum Gasteiger partial charge on any atom is 0.274 e. The van der Waals surface area contributed by atoms with Gasteiger partial charge in [-0.05, 0) is 43.3 Å². The van der Waals surface area contributed by atoms with Gasteiger partial charge in [0.2, 0.25) is 0 Å². The normalized spacial score (nSPS) is 19.3. The lowest BCUT2D eigenvalue weighted by Gasteiger charge is -2.32. The standard InChI is InChI=1S/C22H26N4O3S/c1-24-7-6-16(11-24)26-10-15-9-23-21-20(15)18(12-25(2)22(21)27)17-8-14(4-5-19(17)26)13-30(3,28)29/h4-5,8-9,12,16,23H,6-7,10-11,13H2,1-3H3. The molecule has 0 aliphatic carbocycles. The molecule has 3 aromatic rings. The van der Waals surface area contributed by atoms with Crippen LogP contribution in [0.25, 0.3) is 22.0 Å². The van der Waals surface area contributed by atoms with Crippen molar-refractivity contribution in [1.29, 1.82) is 0 Å². The smallest absolute Gasteiger partial charge is 0.274 e. The highest BCUT2D eigenvalue weighted by Gasteiger charge is 2.31. The molecule has 2 aliphatic rings. The number of aromatic amines is 1. The Morgan fingerprint density at radius 1 is 1.20 bits per heavy atom. The summed E-state index contributed by atoms with van der Waals surface area (Å²) in [5, 5.41) is 0.949. The second-order valence-electron chi connectivity index (χ2n) is 8.78. The fourth-order valence-electron chi connectivity index (χ4n) is 4.97. The number of benzene rings is 1. The SMILES string of the molecule is CN1CCC(N2Cc3c[nH]c4c(=O)n(C)cc(c34)-c3cc(CS(C)(=O)=O)ccc32)C1. The van der Waals surface area contributed by atoms with Crippen LogP contribution in [0.3, 0.4) is 0 Å². The summed E-state index contributed by atoms with van der Waals surface area (Å²) in [7, 11) is 0.750. The van der Waals surface area contributed by atoms with Gasteiger partial charge in [-0.1, -0.05) is 6.07 Å². The fraction of sp³-hybridized carbons (Fsp3) is 0.409. The van der Waals surface area contributed by atoms with E-state index >= 15 is 0 Å². The summed E-state index contributed by atoms with van der Waals surface area (Å²) in [5.74, 6) is 0.00134. The van der Waals surface area contributed by atoms with E-state index in [1.165, 1.54) is 6.26 Å². The Hall–Kier alpha value is -2.58. The van der Waals surface area contributed by atoms with Crippen LogP contribution in [0, 0.1) is 0 Å². The Labute approximate surface area is 175 Å². The third kappa shape index (κ3) is 3.15. The highest BCUT2D eigenvalue weighted by molar-refractivity contribution is 7.89. The predicted molar refractivity (Wildman–Crippen MR) is 120 cm³/mol. The van der Waals surface area contributed by atoms with Crippen LogP contribution >= 0.6 is 0 Å². The Morgan fingerprint density at radius 3 is 2.70 bits per heavy atom. The van der Waals surface area contributed by atoms with Crippen molar-refractivity contribution in [2.45, 2.75) is 24.8 Å². The van der Waals surface area contributed by atoms with Crippen molar-refractivity contribution >= 4 is 26.4 Å². The van der Waals surface area contributed by atoms with Crippen molar-refractivity contribution in [1.82, 2.24) is 14.5 Å². The third-order valence-electron chi connectivity index (χ3n) is 6.33. The van der Waals surface area contributed by atoms with Crippen LogP contribution in [-0.4, -0.2) is 55.3 Å². The number of nitrogens with zero attached hydrogens (tertiary/aromatic N) is 3. The molecule has 0 spiro atoms. The minimum Gasteiger partial charge on any atom is -0.362 e. The first-order valence-electron chi connectivity index (χ1n) is 10.2. The molecular weight excluding hydrogens is 400 g/mol. The van der Waals surface area contributed by atoms with Crippen LogP contribution in [0.5, 0.6) is 0 Å². The highest BCUT2D eigenvalue weighted by Crippen LogP contribution is 2.42. The number of anilines is 1. The fourth-order valence-corrected chi connectivity index (χ4v) is 5.75. The number of hydrogen-bond donors (Lipinski definition) is 1. The number of nitrogens with one attached hydrogen (secondary N) is 1. The van der Waals surface area contributed by atoms with Crippen molar-refractivity contribution in [3.8, 4) is 11.1 Å². The molecule has 0 radical (unpaired) electrons. The van der Waals surface area contributed by atoms with Gasteiger partial charge in [-0.15, -0.1) is 0 Å². The molecule has 5 rings (SSSR count). The van der Waals surface area contributed by atoms with Crippen LogP contribution in [-0.2, 0) is 29.2 Å². The molecule has 1 saturated heterocycles. The first-order valence-corrected chi connectivity index (χ1v) is 12.2. The molecule has 1 N–H and O–H groups in total. The second-order valence-corrected chi connectivity index (χ2v) is 10.9. The van der Waals surface area contributed by atoms with Crippen molar-refractivity contribution in [3.63, 3.8) is 0 Å². The number of aryl methyl sites for hydroxylation is 1. The van der Waals surface area contributed by atoms with E-state index in [9.17, 15) is 13.2 Å². The van der Waals surface area contributed by atoms with E-state index in [1.54, 1.807) is 11.6 Å². The Balaban J connectivity index is 1.77. The zero-order chi connectivity index (χ0) is 21.2. The van der Waals surface area contributed by atoms with Crippen molar-refractivity contribution in [2.75, 3.05) is 31.3 Å². The summed E-state index contributed by atoms with van der Waals surface area (Å²) in [6.45, 7) is 2.75. The van der Waals surface area contributed by atoms with E-state index in [-0.39, 0.29) is 11.3 Å². The zero-order valence-electron chi connectivity index (χ0n) is 17.5. The molecule has 8 heteroatoms. The van der Waals surface area contributed by atoms with Gasteiger partial charge in [-0.25, -0.2) is 8.42 Å². The van der Waals surface area contributed by atoms with Gasteiger partial charge in [0.1, 0.15) is 5.52 Å². The number of sulfone groups is 1. The average Bonchev–Trinajstić information content (AvgIpc) is 3.25. The molecule has 0 amide bonds. The number of hydrogen-bond acceptors (Lipinski definition) is 5. The number of pyridine rings is 1. The van der Waals surface area contributed by atoms with Gasteiger partial charge >= 0.3 is 0 Å². The maximum atomic E-state index is 12.7. The number of aromatic nitrogens is 2. The predicted octanol–water partition coefficient (Wildman–Crippen LogP) is 2.10. The summed E-state index contributed by atoms with van der Waals surface area (Å²) in [5.41, 5.74) is 5.49. The lowest BCUT2D eigenvalue weighted by atomic mass is 9.99. The molecule has 0 saturated carbocycles. The highest BCUT2D eigenvalue weighted by atomic mass is 32.2. The molecule has 158 valence electrons. The minimum absolute atomic E-state index is 0.00134.